The predicted molar refractivity (Wildman–Crippen MR) is 140 cm³/mol. The molecule has 3 aromatic rings. The molecule has 0 aliphatic heterocycles. The third-order valence-corrected chi connectivity index (χ3v) is 5.92. The Balaban J connectivity index is 1.75. The molecule has 0 aromatic heterocycles. The van der Waals surface area contributed by atoms with Gasteiger partial charge in [0.1, 0.15) is 11.8 Å². The first kappa shape index (κ1) is 26.0. The maximum absolute atomic E-state index is 13.5. The lowest BCUT2D eigenvalue weighted by Crippen LogP contribution is -2.50. The molecule has 0 heterocycles. The quantitative estimate of drug-likeness (QED) is 0.367. The molecular weight excluding hydrogens is 436 g/mol. The van der Waals surface area contributed by atoms with Crippen molar-refractivity contribution in [2.75, 3.05) is 13.2 Å². The van der Waals surface area contributed by atoms with Gasteiger partial charge in [-0.15, -0.1) is 0 Å². The first-order chi connectivity index (χ1) is 17.0. The van der Waals surface area contributed by atoms with E-state index in [0.29, 0.717) is 39.0 Å². The highest BCUT2D eigenvalue weighted by Crippen LogP contribution is 2.17. The minimum absolute atomic E-state index is 0.0507. The Bertz CT molecular complexity index is 1060. The summed E-state index contributed by atoms with van der Waals surface area (Å²) in [5.74, 6) is 0.613. The molecule has 1 atom stereocenters. The summed E-state index contributed by atoms with van der Waals surface area (Å²) >= 11 is 0. The lowest BCUT2D eigenvalue weighted by Gasteiger charge is -2.31. The summed E-state index contributed by atoms with van der Waals surface area (Å²) in [5, 5.41) is 2.93. The lowest BCUT2D eigenvalue weighted by atomic mass is 10.0. The first-order valence-electron chi connectivity index (χ1n) is 12.3. The van der Waals surface area contributed by atoms with Crippen molar-refractivity contribution in [3.63, 3.8) is 0 Å². The molecule has 0 radical (unpaired) electrons. The molecule has 0 bridgehead atoms. The summed E-state index contributed by atoms with van der Waals surface area (Å²) in [6, 6.07) is 25.3. The minimum Gasteiger partial charge on any atom is -0.494 e. The number of ether oxygens (including phenoxy) is 1. The number of carbonyl (C=O) groups is 2. The van der Waals surface area contributed by atoms with E-state index in [1.54, 1.807) is 4.90 Å². The Labute approximate surface area is 209 Å². The van der Waals surface area contributed by atoms with Crippen molar-refractivity contribution in [1.29, 1.82) is 0 Å². The highest BCUT2D eigenvalue weighted by atomic mass is 16.5. The molecule has 0 spiro atoms. The maximum Gasteiger partial charge on any atom is 0.243 e. The summed E-state index contributed by atoms with van der Waals surface area (Å²) in [4.78, 5) is 28.4. The minimum atomic E-state index is -0.593. The molecule has 5 heteroatoms. The topological polar surface area (TPSA) is 58.6 Å². The number of nitrogens with zero attached hydrogens (tertiary/aromatic N) is 1. The Kier molecular flexibility index (Phi) is 9.91. The van der Waals surface area contributed by atoms with Gasteiger partial charge in [-0.25, -0.2) is 0 Å². The summed E-state index contributed by atoms with van der Waals surface area (Å²) in [5.41, 5.74) is 4.36. The summed E-state index contributed by atoms with van der Waals surface area (Å²) < 4.78 is 5.81. The molecule has 0 aliphatic carbocycles. The van der Waals surface area contributed by atoms with Gasteiger partial charge in [-0.3, -0.25) is 9.59 Å². The van der Waals surface area contributed by atoms with E-state index in [1.165, 1.54) is 5.56 Å². The zero-order chi connectivity index (χ0) is 25.0. The first-order valence-corrected chi connectivity index (χ1v) is 12.3. The number of rotatable bonds is 12. The molecule has 5 nitrogen and oxygen atoms in total. The van der Waals surface area contributed by atoms with Crippen LogP contribution >= 0.6 is 0 Å². The average molecular weight is 473 g/mol. The fourth-order valence-corrected chi connectivity index (χ4v) is 3.93. The predicted octanol–water partition coefficient (Wildman–Crippen LogP) is 5.24. The van der Waals surface area contributed by atoms with Gasteiger partial charge in [0, 0.05) is 25.9 Å². The van der Waals surface area contributed by atoms with Gasteiger partial charge in [0.25, 0.3) is 0 Å². The SMILES string of the molecule is CCNC(=O)[C@H](Cc1ccccc1)N(Cc1ccc(C)cc1)C(=O)CCCOc1ccc(C)cc1. The molecule has 3 aromatic carbocycles. The second-order valence-electron chi connectivity index (χ2n) is 8.87. The van der Waals surface area contributed by atoms with E-state index in [-0.39, 0.29) is 11.8 Å². The number of aryl methyl sites for hydroxylation is 2. The number of benzene rings is 3. The van der Waals surface area contributed by atoms with Gasteiger partial charge in [-0.2, -0.15) is 0 Å². The lowest BCUT2D eigenvalue weighted by molar-refractivity contribution is -0.141. The molecule has 35 heavy (non-hydrogen) atoms. The van der Waals surface area contributed by atoms with E-state index in [9.17, 15) is 9.59 Å². The normalized spacial score (nSPS) is 11.5. The zero-order valence-corrected chi connectivity index (χ0v) is 21.0. The van der Waals surface area contributed by atoms with Crippen LogP contribution in [0.1, 0.15) is 42.0 Å². The monoisotopic (exact) mass is 472 g/mol. The van der Waals surface area contributed by atoms with Crippen LogP contribution in [0.4, 0.5) is 0 Å². The average Bonchev–Trinajstić information content (AvgIpc) is 2.87. The fourth-order valence-electron chi connectivity index (χ4n) is 3.93. The second-order valence-corrected chi connectivity index (χ2v) is 8.87. The van der Waals surface area contributed by atoms with Crippen molar-refractivity contribution >= 4 is 11.8 Å². The smallest absolute Gasteiger partial charge is 0.243 e. The molecule has 0 fully saturated rings. The molecule has 0 saturated carbocycles. The van der Waals surface area contributed by atoms with Crippen LogP contribution < -0.4 is 10.1 Å². The summed E-state index contributed by atoms with van der Waals surface area (Å²) in [6.45, 7) is 7.30. The molecule has 0 unspecified atom stereocenters. The number of hydrogen-bond donors (Lipinski definition) is 1. The standard InChI is InChI=1S/C30H36N2O3/c1-4-31-30(34)28(21-25-9-6-5-7-10-25)32(22-26-16-12-23(2)13-17-26)29(33)11-8-20-35-27-18-14-24(3)15-19-27/h5-7,9-10,12-19,28H,4,8,11,20-22H2,1-3H3,(H,31,34)/t28-/m0/s1. The van der Waals surface area contributed by atoms with E-state index in [1.807, 2.05) is 99.6 Å². The van der Waals surface area contributed by atoms with E-state index < -0.39 is 6.04 Å². The van der Waals surface area contributed by atoms with Crippen LogP contribution in [-0.2, 0) is 22.6 Å². The van der Waals surface area contributed by atoms with Crippen LogP contribution in [0, 0.1) is 13.8 Å². The summed E-state index contributed by atoms with van der Waals surface area (Å²) in [7, 11) is 0. The number of hydrogen-bond acceptors (Lipinski definition) is 3. The second kappa shape index (κ2) is 13.3. The van der Waals surface area contributed by atoms with Gasteiger partial charge in [0.05, 0.1) is 6.61 Å². The van der Waals surface area contributed by atoms with Gasteiger partial charge >= 0.3 is 0 Å². The van der Waals surface area contributed by atoms with Gasteiger partial charge < -0.3 is 15.0 Å². The van der Waals surface area contributed by atoms with E-state index in [2.05, 4.69) is 5.32 Å². The van der Waals surface area contributed by atoms with E-state index >= 15 is 0 Å². The Morgan fingerprint density at radius 2 is 1.49 bits per heavy atom. The fraction of sp³-hybridized carbons (Fsp3) is 0.333. The number of nitrogens with one attached hydrogen (secondary N) is 1. The Hall–Kier alpha value is -3.60. The van der Waals surface area contributed by atoms with Crippen LogP contribution in [0.15, 0.2) is 78.9 Å². The van der Waals surface area contributed by atoms with Crippen LogP contribution in [-0.4, -0.2) is 35.9 Å². The van der Waals surface area contributed by atoms with Crippen molar-refractivity contribution in [3.05, 3.63) is 101 Å². The Morgan fingerprint density at radius 3 is 2.11 bits per heavy atom. The van der Waals surface area contributed by atoms with Crippen molar-refractivity contribution < 1.29 is 14.3 Å². The highest BCUT2D eigenvalue weighted by Gasteiger charge is 2.29. The van der Waals surface area contributed by atoms with Crippen molar-refractivity contribution in [3.8, 4) is 5.75 Å². The largest absolute Gasteiger partial charge is 0.494 e. The third-order valence-electron chi connectivity index (χ3n) is 5.92. The van der Waals surface area contributed by atoms with Crippen LogP contribution in [0.5, 0.6) is 5.75 Å². The molecule has 184 valence electrons. The van der Waals surface area contributed by atoms with Gasteiger partial charge in [-0.1, -0.05) is 77.9 Å². The highest BCUT2D eigenvalue weighted by molar-refractivity contribution is 5.88. The molecule has 3 rings (SSSR count). The van der Waals surface area contributed by atoms with Crippen LogP contribution in [0.2, 0.25) is 0 Å². The van der Waals surface area contributed by atoms with E-state index in [0.717, 1.165) is 22.4 Å². The van der Waals surface area contributed by atoms with Crippen LogP contribution in [0.3, 0.4) is 0 Å². The van der Waals surface area contributed by atoms with Crippen molar-refractivity contribution in [1.82, 2.24) is 10.2 Å². The zero-order valence-electron chi connectivity index (χ0n) is 21.0. The number of likely N-dealkylation sites (N-methyl/N-ethyl adjacent to an activating group) is 1. The molecule has 0 saturated heterocycles. The van der Waals surface area contributed by atoms with Gasteiger partial charge in [0.15, 0.2) is 0 Å². The maximum atomic E-state index is 13.5. The van der Waals surface area contributed by atoms with Gasteiger partial charge in [0.2, 0.25) is 11.8 Å². The third kappa shape index (κ3) is 8.29. The molecule has 0 aliphatic rings. The molecule has 2 amide bonds. The van der Waals surface area contributed by atoms with E-state index in [4.69, 9.17) is 4.74 Å². The Morgan fingerprint density at radius 1 is 0.857 bits per heavy atom. The van der Waals surface area contributed by atoms with Crippen molar-refractivity contribution in [2.24, 2.45) is 0 Å². The number of amides is 2. The van der Waals surface area contributed by atoms with Crippen molar-refractivity contribution in [2.45, 2.75) is 52.6 Å². The van der Waals surface area contributed by atoms with Gasteiger partial charge in [-0.05, 0) is 50.5 Å². The molecule has 1 N–H and O–H groups in total. The molecular formula is C30H36N2O3. The number of carbonyl (C=O) groups excluding carboxylic acids is 2. The van der Waals surface area contributed by atoms with Crippen LogP contribution in [0.25, 0.3) is 0 Å². The summed E-state index contributed by atoms with van der Waals surface area (Å²) in [6.07, 6.45) is 1.34.